The fraction of sp³-hybridized carbons (Fsp3) is 0.259. The van der Waals surface area contributed by atoms with Gasteiger partial charge < -0.3 is 14.5 Å². The van der Waals surface area contributed by atoms with Crippen LogP contribution in [-0.2, 0) is 11.3 Å². The van der Waals surface area contributed by atoms with Crippen molar-refractivity contribution in [1.29, 1.82) is 0 Å². The summed E-state index contributed by atoms with van der Waals surface area (Å²) >= 11 is 0. The second kappa shape index (κ2) is 9.58. The third-order valence-corrected chi connectivity index (χ3v) is 6.39. The van der Waals surface area contributed by atoms with Gasteiger partial charge in [-0.15, -0.1) is 0 Å². The van der Waals surface area contributed by atoms with Crippen molar-refractivity contribution in [3.8, 4) is 0 Å². The molecule has 0 bridgehead atoms. The minimum atomic E-state index is -0.313. The van der Waals surface area contributed by atoms with E-state index in [1.807, 2.05) is 48.5 Å². The predicted molar refractivity (Wildman–Crippen MR) is 134 cm³/mol. The Bertz CT molecular complexity index is 1320. The number of anilines is 1. The number of carbonyl (C=O) groups excluding carboxylic acids is 3. The van der Waals surface area contributed by atoms with E-state index in [1.54, 1.807) is 28.9 Å². The highest BCUT2D eigenvalue weighted by atomic mass is 16.6. The normalized spacial score (nSPS) is 14.9. The van der Waals surface area contributed by atoms with Gasteiger partial charge in [0.25, 0.3) is 11.8 Å². The molecule has 0 aliphatic carbocycles. The number of rotatable bonds is 5. The first kappa shape index (κ1) is 22.6. The number of nitrogens with one attached hydrogen (secondary N) is 1. The highest BCUT2D eigenvalue weighted by Crippen LogP contribution is 2.37. The third kappa shape index (κ3) is 4.47. The molecule has 2 aliphatic heterocycles. The Hall–Kier alpha value is -4.20. The first-order valence-electron chi connectivity index (χ1n) is 11.7. The molecule has 1 fully saturated rings. The highest BCUT2D eigenvalue weighted by molar-refractivity contribution is 6.24. The van der Waals surface area contributed by atoms with Crippen LogP contribution in [0.2, 0.25) is 0 Å². The van der Waals surface area contributed by atoms with Gasteiger partial charge in [0.15, 0.2) is 0 Å². The highest BCUT2D eigenvalue weighted by Gasteiger charge is 2.29. The Morgan fingerprint density at radius 2 is 1.71 bits per heavy atom. The van der Waals surface area contributed by atoms with E-state index in [1.165, 1.54) is 0 Å². The van der Waals surface area contributed by atoms with Gasteiger partial charge in [-0.1, -0.05) is 36.4 Å². The average Bonchev–Trinajstić information content (AvgIpc) is 3.16. The fourth-order valence-corrected chi connectivity index (χ4v) is 4.55. The quantitative estimate of drug-likeness (QED) is 0.562. The molecule has 0 atom stereocenters. The summed E-state index contributed by atoms with van der Waals surface area (Å²) in [6.45, 7) is 3.60. The molecule has 1 N–H and O–H groups in total. The van der Waals surface area contributed by atoms with Crippen molar-refractivity contribution in [2.45, 2.75) is 26.3 Å². The fourth-order valence-electron chi connectivity index (χ4n) is 4.55. The van der Waals surface area contributed by atoms with Crippen LogP contribution in [0.5, 0.6) is 0 Å². The third-order valence-electron chi connectivity index (χ3n) is 6.39. The van der Waals surface area contributed by atoms with Crippen LogP contribution in [0.1, 0.15) is 46.0 Å². The van der Waals surface area contributed by atoms with E-state index in [0.29, 0.717) is 44.6 Å². The lowest BCUT2D eigenvalue weighted by Crippen LogP contribution is -2.39. The maximum atomic E-state index is 13.0. The first-order valence-corrected chi connectivity index (χ1v) is 11.7. The summed E-state index contributed by atoms with van der Waals surface area (Å²) in [5.74, 6) is -0.310. The molecule has 0 radical (unpaired) electrons. The maximum Gasteiger partial charge on any atom is 0.409 e. The average molecular weight is 471 g/mol. The van der Waals surface area contributed by atoms with Gasteiger partial charge in [0.1, 0.15) is 0 Å². The molecule has 2 heterocycles. The van der Waals surface area contributed by atoms with Crippen LogP contribution in [0.15, 0.2) is 65.8 Å². The summed E-state index contributed by atoms with van der Waals surface area (Å²) in [5, 5.41) is 6.29. The topological polar surface area (TPSA) is 91.3 Å². The zero-order chi connectivity index (χ0) is 24.4. The Labute approximate surface area is 203 Å². The van der Waals surface area contributed by atoms with Gasteiger partial charge >= 0.3 is 6.09 Å². The molecule has 3 aromatic rings. The Morgan fingerprint density at radius 3 is 2.43 bits per heavy atom. The lowest BCUT2D eigenvalue weighted by Gasteiger charge is -2.26. The number of carbonyl (C=O) groups is 3. The van der Waals surface area contributed by atoms with E-state index in [-0.39, 0.29) is 17.9 Å². The number of nitrogens with zero attached hydrogens (tertiary/aromatic N) is 3. The monoisotopic (exact) mass is 470 g/mol. The van der Waals surface area contributed by atoms with Gasteiger partial charge in [-0.25, -0.2) is 10.2 Å². The van der Waals surface area contributed by atoms with Crippen LogP contribution in [0.3, 0.4) is 0 Å². The van der Waals surface area contributed by atoms with Crippen LogP contribution in [0.25, 0.3) is 10.8 Å². The van der Waals surface area contributed by atoms with Gasteiger partial charge in [0, 0.05) is 48.2 Å². The lowest BCUT2D eigenvalue weighted by atomic mass is 10.1. The molecule has 8 heteroatoms. The number of benzene rings is 3. The molecule has 8 nitrogen and oxygen atoms in total. The summed E-state index contributed by atoms with van der Waals surface area (Å²) in [7, 11) is 0. The summed E-state index contributed by atoms with van der Waals surface area (Å²) in [4.78, 5) is 40.8. The molecule has 0 spiro atoms. The lowest BCUT2D eigenvalue weighted by molar-refractivity contribution is 0.0950. The predicted octanol–water partition coefficient (Wildman–Crippen LogP) is 4.34. The van der Waals surface area contributed by atoms with E-state index >= 15 is 0 Å². The molecule has 1 saturated heterocycles. The van der Waals surface area contributed by atoms with E-state index in [2.05, 4.69) is 10.5 Å². The summed E-state index contributed by atoms with van der Waals surface area (Å²) in [6.07, 6.45) is 0.875. The van der Waals surface area contributed by atoms with Gasteiger partial charge in [-0.05, 0) is 42.1 Å². The van der Waals surface area contributed by atoms with Crippen LogP contribution < -0.4 is 10.3 Å². The Morgan fingerprint density at radius 1 is 1.00 bits per heavy atom. The molecular weight excluding hydrogens is 444 g/mol. The number of likely N-dealkylation sites (tertiary alicyclic amines) is 1. The second-order valence-electron chi connectivity index (χ2n) is 8.57. The number of hydrogen-bond acceptors (Lipinski definition) is 5. The van der Waals surface area contributed by atoms with Crippen LogP contribution in [0.4, 0.5) is 10.5 Å². The zero-order valence-corrected chi connectivity index (χ0v) is 19.5. The van der Waals surface area contributed by atoms with Crippen molar-refractivity contribution in [2.24, 2.45) is 5.10 Å². The van der Waals surface area contributed by atoms with E-state index in [9.17, 15) is 14.4 Å². The van der Waals surface area contributed by atoms with Crippen molar-refractivity contribution in [1.82, 2.24) is 10.3 Å². The smallest absolute Gasteiger partial charge is 0.409 e. The molecule has 35 heavy (non-hydrogen) atoms. The standard InChI is InChI=1S/C27H26N4O4/c1-2-35-27(34)30-15-13-21(14-16-30)28-29-25(32)20-11-9-18(10-12-20)17-31-23-8-4-6-19-5-3-7-22(24(19)23)26(31)33/h3-12H,2,13-17H2,1H3,(H,29,32). The molecule has 2 aliphatic rings. The minimum Gasteiger partial charge on any atom is -0.450 e. The largest absolute Gasteiger partial charge is 0.450 e. The van der Waals surface area contributed by atoms with Crippen LogP contribution in [-0.4, -0.2) is 48.2 Å². The number of piperidine rings is 1. The molecule has 3 aromatic carbocycles. The van der Waals surface area contributed by atoms with Crippen molar-refractivity contribution >= 4 is 40.1 Å². The molecule has 178 valence electrons. The summed E-state index contributed by atoms with van der Waals surface area (Å²) in [6, 6.07) is 18.9. The van der Waals surface area contributed by atoms with E-state index in [4.69, 9.17) is 4.74 Å². The molecule has 0 aromatic heterocycles. The summed E-state index contributed by atoms with van der Waals surface area (Å²) in [5.41, 5.74) is 6.51. The Balaban J connectivity index is 1.20. The Kier molecular flexibility index (Phi) is 6.18. The van der Waals surface area contributed by atoms with Gasteiger partial charge in [-0.2, -0.15) is 5.10 Å². The number of hydrogen-bond donors (Lipinski definition) is 1. The maximum absolute atomic E-state index is 13.0. The van der Waals surface area contributed by atoms with Crippen molar-refractivity contribution < 1.29 is 19.1 Å². The SMILES string of the molecule is CCOC(=O)N1CCC(=NNC(=O)c2ccc(CN3C(=O)c4cccc5cccc3c45)cc2)CC1. The van der Waals surface area contributed by atoms with Gasteiger partial charge in [-0.3, -0.25) is 9.59 Å². The number of ether oxygens (including phenoxy) is 1. The summed E-state index contributed by atoms with van der Waals surface area (Å²) < 4.78 is 5.02. The number of hydrazone groups is 1. The first-order chi connectivity index (χ1) is 17.0. The van der Waals surface area contributed by atoms with E-state index in [0.717, 1.165) is 33.3 Å². The molecule has 0 saturated carbocycles. The minimum absolute atomic E-state index is 0.0107. The van der Waals surface area contributed by atoms with Gasteiger partial charge in [0.05, 0.1) is 18.8 Å². The van der Waals surface area contributed by atoms with Crippen molar-refractivity contribution in [3.63, 3.8) is 0 Å². The molecule has 0 unspecified atom stereocenters. The van der Waals surface area contributed by atoms with Crippen molar-refractivity contribution in [2.75, 3.05) is 24.6 Å². The van der Waals surface area contributed by atoms with E-state index < -0.39 is 0 Å². The molecule has 5 rings (SSSR count). The zero-order valence-electron chi connectivity index (χ0n) is 19.5. The van der Waals surface area contributed by atoms with Crippen LogP contribution >= 0.6 is 0 Å². The second-order valence-corrected chi connectivity index (χ2v) is 8.57. The van der Waals surface area contributed by atoms with Gasteiger partial charge in [0.2, 0.25) is 0 Å². The molecule has 3 amide bonds. The van der Waals surface area contributed by atoms with Crippen LogP contribution in [0, 0.1) is 0 Å². The number of amides is 3. The molecular formula is C27H26N4O4. The van der Waals surface area contributed by atoms with Crippen molar-refractivity contribution in [3.05, 3.63) is 77.4 Å².